The fourth-order valence-electron chi connectivity index (χ4n) is 2.94. The first-order chi connectivity index (χ1) is 15.0. The molecule has 3 rings (SSSR count). The number of nitrogens with zero attached hydrogens (tertiary/aromatic N) is 1. The van der Waals surface area contributed by atoms with Crippen molar-refractivity contribution < 1.29 is 9.53 Å². The third kappa shape index (κ3) is 7.47. The van der Waals surface area contributed by atoms with E-state index in [2.05, 4.69) is 11.9 Å². The smallest absolute Gasteiger partial charge is 0.238 e. The molecule has 0 bridgehead atoms. The Bertz CT molecular complexity index is 1010. The van der Waals surface area contributed by atoms with E-state index in [0.717, 1.165) is 26.8 Å². The van der Waals surface area contributed by atoms with Crippen LogP contribution in [0.4, 0.5) is 5.69 Å². The predicted molar refractivity (Wildman–Crippen MR) is 129 cm³/mol. The van der Waals surface area contributed by atoms with E-state index < -0.39 is 0 Å². The average Bonchev–Trinajstić information content (AvgIpc) is 2.76. The number of para-hydroxylation sites is 1. The van der Waals surface area contributed by atoms with Gasteiger partial charge in [0.2, 0.25) is 5.91 Å². The van der Waals surface area contributed by atoms with Gasteiger partial charge in [0, 0.05) is 21.4 Å². The highest BCUT2D eigenvalue weighted by Gasteiger charge is 2.11. The van der Waals surface area contributed by atoms with Crippen LogP contribution in [0.3, 0.4) is 0 Å². The molecule has 0 atom stereocenters. The number of likely N-dealkylation sites (N-methyl/N-ethyl adjacent to an activating group) is 1. The van der Waals surface area contributed by atoms with Crippen molar-refractivity contribution >= 4 is 35.0 Å². The molecule has 3 aromatic rings. The number of carbonyl (C=O) groups is 1. The number of amides is 1. The number of rotatable bonds is 10. The quantitative estimate of drug-likeness (QED) is 0.376. The van der Waals surface area contributed by atoms with Gasteiger partial charge in [-0.15, -0.1) is 0 Å². The zero-order valence-corrected chi connectivity index (χ0v) is 19.0. The van der Waals surface area contributed by atoms with Crippen molar-refractivity contribution in [1.82, 2.24) is 4.90 Å². The van der Waals surface area contributed by atoms with E-state index in [4.69, 9.17) is 16.3 Å². The van der Waals surface area contributed by atoms with Gasteiger partial charge >= 0.3 is 0 Å². The third-order valence-corrected chi connectivity index (χ3v) is 5.70. The highest BCUT2D eigenvalue weighted by atomic mass is 35.5. The Labute approximate surface area is 192 Å². The lowest BCUT2D eigenvalue weighted by Crippen LogP contribution is -2.30. The van der Waals surface area contributed by atoms with E-state index in [9.17, 15) is 4.79 Å². The summed E-state index contributed by atoms with van der Waals surface area (Å²) in [5.74, 6) is 0.747. The van der Waals surface area contributed by atoms with Crippen molar-refractivity contribution in [3.63, 3.8) is 0 Å². The molecule has 0 fully saturated rings. The number of nitrogens with one attached hydrogen (secondary N) is 1. The first-order valence-corrected chi connectivity index (χ1v) is 11.1. The standard InChI is InChI=1S/C25H25ClN2O2S/c1-3-16-30-21-12-8-19(9-13-21)17-28(2)18-25(29)27-23-6-4-5-7-24(23)31-22-14-10-20(26)11-15-22/h3-15H,1,16-18H2,2H3,(H,27,29). The van der Waals surface area contributed by atoms with Crippen LogP contribution in [0.15, 0.2) is 95.2 Å². The molecule has 0 spiro atoms. The monoisotopic (exact) mass is 452 g/mol. The number of ether oxygens (including phenoxy) is 1. The minimum atomic E-state index is -0.0578. The molecule has 4 nitrogen and oxygen atoms in total. The molecule has 31 heavy (non-hydrogen) atoms. The lowest BCUT2D eigenvalue weighted by Gasteiger charge is -2.17. The number of carbonyl (C=O) groups excluding carboxylic acids is 1. The summed E-state index contributed by atoms with van der Waals surface area (Å²) in [6.45, 7) is 5.08. The van der Waals surface area contributed by atoms with E-state index in [-0.39, 0.29) is 12.5 Å². The second kappa shape index (κ2) is 11.6. The minimum Gasteiger partial charge on any atom is -0.490 e. The molecule has 0 heterocycles. The Hall–Kier alpha value is -2.73. The molecule has 0 aromatic heterocycles. The summed E-state index contributed by atoms with van der Waals surface area (Å²) >= 11 is 7.56. The van der Waals surface area contributed by atoms with Crippen molar-refractivity contribution in [2.45, 2.75) is 16.3 Å². The molecule has 0 aliphatic heterocycles. The number of anilines is 1. The van der Waals surface area contributed by atoms with Gasteiger partial charge in [0.1, 0.15) is 12.4 Å². The summed E-state index contributed by atoms with van der Waals surface area (Å²) in [7, 11) is 1.93. The lowest BCUT2D eigenvalue weighted by molar-refractivity contribution is -0.117. The van der Waals surface area contributed by atoms with E-state index >= 15 is 0 Å². The second-order valence-electron chi connectivity index (χ2n) is 7.02. The Morgan fingerprint density at radius 1 is 1.10 bits per heavy atom. The molecule has 1 amide bonds. The minimum absolute atomic E-state index is 0.0578. The Morgan fingerprint density at radius 3 is 2.52 bits per heavy atom. The summed E-state index contributed by atoms with van der Waals surface area (Å²) in [6.07, 6.45) is 1.71. The molecule has 0 aliphatic carbocycles. The van der Waals surface area contributed by atoms with Gasteiger partial charge in [0.25, 0.3) is 0 Å². The fraction of sp³-hybridized carbons (Fsp3) is 0.160. The van der Waals surface area contributed by atoms with Crippen molar-refractivity contribution in [3.05, 3.63) is 96.0 Å². The molecule has 0 saturated carbocycles. The molecular formula is C25H25ClN2O2S. The molecule has 0 radical (unpaired) electrons. The topological polar surface area (TPSA) is 41.6 Å². The van der Waals surface area contributed by atoms with Gasteiger partial charge in [-0.3, -0.25) is 9.69 Å². The van der Waals surface area contributed by atoms with Gasteiger partial charge in [0.15, 0.2) is 0 Å². The Balaban J connectivity index is 1.55. The van der Waals surface area contributed by atoms with Crippen LogP contribution in [0.5, 0.6) is 5.75 Å². The summed E-state index contributed by atoms with van der Waals surface area (Å²) in [6, 6.07) is 23.3. The van der Waals surface area contributed by atoms with Crippen molar-refractivity contribution in [3.8, 4) is 5.75 Å². The molecule has 0 aliphatic rings. The maximum atomic E-state index is 12.6. The Kier molecular flexibility index (Phi) is 8.59. The number of benzene rings is 3. The van der Waals surface area contributed by atoms with Crippen LogP contribution in [0.1, 0.15) is 5.56 Å². The van der Waals surface area contributed by atoms with Crippen molar-refractivity contribution in [1.29, 1.82) is 0 Å². The van der Waals surface area contributed by atoms with Crippen LogP contribution >= 0.6 is 23.4 Å². The molecule has 1 N–H and O–H groups in total. The van der Waals surface area contributed by atoms with Gasteiger partial charge in [-0.05, 0) is 61.1 Å². The van der Waals surface area contributed by atoms with E-state index in [1.807, 2.05) is 84.7 Å². The van der Waals surface area contributed by atoms with Gasteiger partial charge in [-0.25, -0.2) is 0 Å². The summed E-state index contributed by atoms with van der Waals surface area (Å²) < 4.78 is 5.50. The number of halogens is 1. The second-order valence-corrected chi connectivity index (χ2v) is 8.57. The maximum absolute atomic E-state index is 12.6. The van der Waals surface area contributed by atoms with Crippen molar-refractivity contribution in [2.24, 2.45) is 0 Å². The largest absolute Gasteiger partial charge is 0.490 e. The normalized spacial score (nSPS) is 10.7. The molecule has 0 unspecified atom stereocenters. The zero-order valence-electron chi connectivity index (χ0n) is 17.4. The zero-order chi connectivity index (χ0) is 22.1. The highest BCUT2D eigenvalue weighted by molar-refractivity contribution is 7.99. The first-order valence-electron chi connectivity index (χ1n) is 9.87. The van der Waals surface area contributed by atoms with Gasteiger partial charge in [-0.2, -0.15) is 0 Å². The summed E-state index contributed by atoms with van der Waals surface area (Å²) in [5, 5.41) is 3.74. The average molecular weight is 453 g/mol. The van der Waals surface area contributed by atoms with Crippen LogP contribution in [-0.4, -0.2) is 31.0 Å². The molecule has 160 valence electrons. The van der Waals surface area contributed by atoms with Gasteiger partial charge < -0.3 is 10.1 Å². The van der Waals surface area contributed by atoms with E-state index in [1.54, 1.807) is 17.8 Å². The van der Waals surface area contributed by atoms with Crippen LogP contribution in [-0.2, 0) is 11.3 Å². The maximum Gasteiger partial charge on any atom is 0.238 e. The van der Waals surface area contributed by atoms with Crippen molar-refractivity contribution in [2.75, 3.05) is 25.5 Å². The summed E-state index contributed by atoms with van der Waals surface area (Å²) in [5.41, 5.74) is 1.91. The SMILES string of the molecule is C=CCOc1ccc(CN(C)CC(=O)Nc2ccccc2Sc2ccc(Cl)cc2)cc1. The third-order valence-electron chi connectivity index (χ3n) is 4.36. The fourth-order valence-corrected chi connectivity index (χ4v) is 3.96. The van der Waals surface area contributed by atoms with Crippen LogP contribution < -0.4 is 10.1 Å². The van der Waals surface area contributed by atoms with Crippen LogP contribution in [0.25, 0.3) is 0 Å². The van der Waals surface area contributed by atoms with E-state index in [0.29, 0.717) is 18.2 Å². The molecular weight excluding hydrogens is 428 g/mol. The highest BCUT2D eigenvalue weighted by Crippen LogP contribution is 2.33. The lowest BCUT2D eigenvalue weighted by atomic mass is 10.2. The molecule has 0 saturated heterocycles. The molecule has 3 aromatic carbocycles. The Morgan fingerprint density at radius 2 is 1.81 bits per heavy atom. The van der Waals surface area contributed by atoms with Crippen LogP contribution in [0.2, 0.25) is 5.02 Å². The summed E-state index contributed by atoms with van der Waals surface area (Å²) in [4.78, 5) is 16.6. The number of hydrogen-bond acceptors (Lipinski definition) is 4. The van der Waals surface area contributed by atoms with Gasteiger partial charge in [-0.1, -0.05) is 60.3 Å². The van der Waals surface area contributed by atoms with Crippen LogP contribution in [0, 0.1) is 0 Å². The number of hydrogen-bond donors (Lipinski definition) is 1. The predicted octanol–water partition coefficient (Wildman–Crippen LogP) is 6.13. The molecule has 6 heteroatoms. The van der Waals surface area contributed by atoms with Gasteiger partial charge in [0.05, 0.1) is 12.2 Å². The van der Waals surface area contributed by atoms with E-state index in [1.165, 1.54) is 0 Å². The first kappa shape index (κ1) is 22.9.